The van der Waals surface area contributed by atoms with Gasteiger partial charge < -0.3 is 18.4 Å². The zero-order chi connectivity index (χ0) is 19.6. The Morgan fingerprint density at radius 3 is 2.66 bits per heavy atom. The molecule has 5 rings (SSSR count). The van der Waals surface area contributed by atoms with Crippen molar-refractivity contribution in [1.29, 1.82) is 0 Å². The van der Waals surface area contributed by atoms with Crippen LogP contribution in [0.5, 0.6) is 11.5 Å². The zero-order valence-corrected chi connectivity index (χ0v) is 16.4. The van der Waals surface area contributed by atoms with Gasteiger partial charge in [0, 0.05) is 10.5 Å². The minimum atomic E-state index is 0.403. The van der Waals surface area contributed by atoms with Crippen molar-refractivity contribution in [2.45, 2.75) is 17.6 Å². The Labute approximate surface area is 171 Å². The zero-order valence-electron chi connectivity index (χ0n) is 15.6. The molecule has 0 saturated carbocycles. The van der Waals surface area contributed by atoms with Gasteiger partial charge in [-0.3, -0.25) is 0 Å². The lowest BCUT2D eigenvalue weighted by molar-refractivity contribution is 0.171. The fourth-order valence-corrected chi connectivity index (χ4v) is 3.85. The number of nitrogens with zero attached hydrogens (tertiary/aromatic N) is 3. The molecule has 0 fully saturated rings. The molecule has 0 spiro atoms. The topological polar surface area (TPSA) is 83.4 Å². The smallest absolute Gasteiger partial charge is 0.253 e. The molecule has 2 aromatic carbocycles. The van der Waals surface area contributed by atoms with Crippen LogP contribution in [-0.4, -0.2) is 28.6 Å². The molecule has 0 saturated heterocycles. The summed E-state index contributed by atoms with van der Waals surface area (Å²) >= 11 is 1.59. The lowest BCUT2D eigenvalue weighted by Crippen LogP contribution is -2.15. The fraction of sp³-hybridized carbons (Fsp3) is 0.190. The summed E-state index contributed by atoms with van der Waals surface area (Å²) in [5, 5.41) is 12.6. The Balaban J connectivity index is 1.35. The first-order valence-corrected chi connectivity index (χ1v) is 10.1. The van der Waals surface area contributed by atoms with E-state index < -0.39 is 0 Å². The number of thioether (sulfide) groups is 1. The number of hydrogen-bond donors (Lipinski definition) is 0. The molecule has 0 bridgehead atoms. The summed E-state index contributed by atoms with van der Waals surface area (Å²) in [6.07, 6.45) is 0. The van der Waals surface area contributed by atoms with E-state index in [1.807, 2.05) is 55.5 Å². The van der Waals surface area contributed by atoms with Crippen LogP contribution in [0.4, 0.5) is 0 Å². The van der Waals surface area contributed by atoms with Gasteiger partial charge in [0.05, 0.1) is 5.75 Å². The van der Waals surface area contributed by atoms with Crippen LogP contribution in [0.25, 0.3) is 22.7 Å². The van der Waals surface area contributed by atoms with Gasteiger partial charge in [-0.05, 0) is 25.1 Å². The summed E-state index contributed by atoms with van der Waals surface area (Å²) in [5.74, 6) is 3.65. The number of rotatable bonds is 5. The first-order valence-electron chi connectivity index (χ1n) is 9.15. The van der Waals surface area contributed by atoms with E-state index >= 15 is 0 Å². The summed E-state index contributed by atoms with van der Waals surface area (Å²) in [4.78, 5) is 1.04. The van der Waals surface area contributed by atoms with E-state index in [1.165, 1.54) is 0 Å². The molecule has 0 aliphatic carbocycles. The number of ether oxygens (including phenoxy) is 2. The van der Waals surface area contributed by atoms with Gasteiger partial charge in [-0.2, -0.15) is 0 Å². The van der Waals surface area contributed by atoms with Crippen molar-refractivity contribution in [2.75, 3.05) is 13.2 Å². The molecule has 146 valence electrons. The maximum absolute atomic E-state index is 5.91. The molecule has 8 heteroatoms. The van der Waals surface area contributed by atoms with Gasteiger partial charge in [0.25, 0.3) is 5.89 Å². The van der Waals surface area contributed by atoms with Crippen LogP contribution in [0, 0.1) is 6.92 Å². The Kier molecular flexibility index (Phi) is 4.69. The van der Waals surface area contributed by atoms with Crippen molar-refractivity contribution in [2.24, 2.45) is 0 Å². The number of aromatic nitrogens is 3. The second-order valence-corrected chi connectivity index (χ2v) is 7.47. The van der Waals surface area contributed by atoms with Gasteiger partial charge >= 0.3 is 0 Å². The Morgan fingerprint density at radius 1 is 0.966 bits per heavy atom. The third-order valence-corrected chi connectivity index (χ3v) is 5.45. The predicted octanol–water partition coefficient (Wildman–Crippen LogP) is 4.76. The Bertz CT molecular complexity index is 1140. The van der Waals surface area contributed by atoms with E-state index in [9.17, 15) is 0 Å². The number of fused-ring (bicyclic) bond motifs is 1. The van der Waals surface area contributed by atoms with Gasteiger partial charge in [-0.15, -0.1) is 22.0 Å². The standard InChI is InChI=1S/C21H17N3O4S/c1-13-19(20(24-28-13)14-5-3-2-4-6-14)21-23-22-18(27-21)12-29-15-7-8-16-17(11-15)26-10-9-25-16/h2-8,11H,9-10,12H2,1H3. The van der Waals surface area contributed by atoms with E-state index in [2.05, 4.69) is 15.4 Å². The SMILES string of the molecule is Cc1onc(-c2ccccc2)c1-c1nnc(CSc2ccc3c(c2)OCCO3)o1. The lowest BCUT2D eigenvalue weighted by Gasteiger charge is -2.18. The number of aryl methyl sites for hydroxylation is 1. The third-order valence-electron chi connectivity index (χ3n) is 4.47. The predicted molar refractivity (Wildman–Crippen MR) is 107 cm³/mol. The van der Waals surface area contributed by atoms with E-state index in [4.69, 9.17) is 18.4 Å². The number of hydrogen-bond acceptors (Lipinski definition) is 8. The van der Waals surface area contributed by atoms with Gasteiger partial charge in [0.1, 0.15) is 30.2 Å². The highest BCUT2D eigenvalue weighted by atomic mass is 32.2. The van der Waals surface area contributed by atoms with Crippen molar-refractivity contribution in [3.63, 3.8) is 0 Å². The van der Waals surface area contributed by atoms with Crippen molar-refractivity contribution in [1.82, 2.24) is 15.4 Å². The summed E-state index contributed by atoms with van der Waals surface area (Å²) in [6, 6.07) is 15.7. The molecule has 0 unspecified atom stereocenters. The molecule has 0 N–H and O–H groups in total. The highest BCUT2D eigenvalue weighted by Crippen LogP contribution is 2.36. The minimum Gasteiger partial charge on any atom is -0.486 e. The maximum atomic E-state index is 5.91. The summed E-state index contributed by atoms with van der Waals surface area (Å²) in [6.45, 7) is 2.98. The van der Waals surface area contributed by atoms with Crippen LogP contribution in [0.3, 0.4) is 0 Å². The van der Waals surface area contributed by atoms with Gasteiger partial charge in [0.2, 0.25) is 5.89 Å². The molecule has 0 radical (unpaired) electrons. The van der Waals surface area contributed by atoms with Gasteiger partial charge in [-0.1, -0.05) is 35.5 Å². The number of benzene rings is 2. The summed E-state index contributed by atoms with van der Waals surface area (Å²) in [7, 11) is 0. The van der Waals surface area contributed by atoms with Crippen molar-refractivity contribution < 1.29 is 18.4 Å². The van der Waals surface area contributed by atoms with E-state index in [0.717, 1.165) is 27.5 Å². The van der Waals surface area contributed by atoms with E-state index in [1.54, 1.807) is 11.8 Å². The van der Waals surface area contributed by atoms with Crippen molar-refractivity contribution >= 4 is 11.8 Å². The quantitative estimate of drug-likeness (QED) is 0.438. The minimum absolute atomic E-state index is 0.403. The Hall–Kier alpha value is -3.26. The normalized spacial score (nSPS) is 12.9. The van der Waals surface area contributed by atoms with Crippen molar-refractivity contribution in [3.8, 4) is 34.2 Å². The van der Waals surface area contributed by atoms with Crippen LogP contribution in [0.1, 0.15) is 11.7 Å². The second-order valence-electron chi connectivity index (χ2n) is 6.42. The maximum Gasteiger partial charge on any atom is 0.253 e. The van der Waals surface area contributed by atoms with Crippen LogP contribution >= 0.6 is 11.8 Å². The Morgan fingerprint density at radius 2 is 1.79 bits per heavy atom. The van der Waals surface area contributed by atoms with Gasteiger partial charge in [-0.25, -0.2) is 0 Å². The van der Waals surface area contributed by atoms with Crippen LogP contribution in [0.15, 0.2) is 62.4 Å². The van der Waals surface area contributed by atoms with Crippen LogP contribution in [0.2, 0.25) is 0 Å². The molecule has 4 aromatic rings. The molecule has 7 nitrogen and oxygen atoms in total. The third kappa shape index (κ3) is 3.58. The second kappa shape index (κ2) is 7.63. The molecule has 1 aliphatic heterocycles. The largest absolute Gasteiger partial charge is 0.486 e. The van der Waals surface area contributed by atoms with Crippen LogP contribution < -0.4 is 9.47 Å². The molecule has 2 aromatic heterocycles. The molecular formula is C21H17N3O4S. The molecule has 0 atom stereocenters. The fourth-order valence-electron chi connectivity index (χ4n) is 3.09. The highest BCUT2D eigenvalue weighted by Gasteiger charge is 2.22. The van der Waals surface area contributed by atoms with E-state index in [0.29, 0.717) is 42.2 Å². The van der Waals surface area contributed by atoms with Crippen LogP contribution in [-0.2, 0) is 5.75 Å². The molecule has 29 heavy (non-hydrogen) atoms. The molecule has 0 amide bonds. The summed E-state index contributed by atoms with van der Waals surface area (Å²) in [5.41, 5.74) is 2.35. The lowest BCUT2D eigenvalue weighted by atomic mass is 10.1. The molecular weight excluding hydrogens is 390 g/mol. The highest BCUT2D eigenvalue weighted by molar-refractivity contribution is 7.98. The van der Waals surface area contributed by atoms with Crippen molar-refractivity contribution in [3.05, 3.63) is 60.2 Å². The first-order chi connectivity index (χ1) is 14.3. The average molecular weight is 407 g/mol. The monoisotopic (exact) mass is 407 g/mol. The molecule has 1 aliphatic rings. The van der Waals surface area contributed by atoms with Gasteiger partial charge in [0.15, 0.2) is 11.5 Å². The van der Waals surface area contributed by atoms with E-state index in [-0.39, 0.29) is 0 Å². The molecule has 3 heterocycles. The first kappa shape index (κ1) is 17.8. The summed E-state index contributed by atoms with van der Waals surface area (Å²) < 4.78 is 22.5. The average Bonchev–Trinajstić information content (AvgIpc) is 3.39.